The monoisotopic (exact) mass is 332 g/mol. The van der Waals surface area contributed by atoms with Gasteiger partial charge in [0.15, 0.2) is 0 Å². The predicted molar refractivity (Wildman–Crippen MR) is 95.3 cm³/mol. The average Bonchev–Trinajstić information content (AvgIpc) is 2.44. The van der Waals surface area contributed by atoms with Crippen LogP contribution in [0.25, 0.3) is 6.08 Å². The van der Waals surface area contributed by atoms with Gasteiger partial charge in [0.1, 0.15) is 0 Å². The molecule has 0 N–H and O–H groups in total. The van der Waals surface area contributed by atoms with E-state index >= 15 is 0 Å². The van der Waals surface area contributed by atoms with Crippen molar-refractivity contribution in [1.29, 1.82) is 0 Å². The topological polar surface area (TPSA) is 52.6 Å². The van der Waals surface area contributed by atoms with Crippen LogP contribution in [0.5, 0.6) is 0 Å². The Morgan fingerprint density at radius 1 is 1.04 bits per heavy atom. The molecule has 0 aromatic heterocycles. The lowest BCUT2D eigenvalue weighted by Crippen LogP contribution is -2.24. The van der Waals surface area contributed by atoms with E-state index in [9.17, 15) is 9.59 Å². The molecular formula is C20H28O4. The van der Waals surface area contributed by atoms with Gasteiger partial charge >= 0.3 is 11.9 Å². The first-order chi connectivity index (χ1) is 11.1. The lowest BCUT2D eigenvalue weighted by Gasteiger charge is -2.20. The van der Waals surface area contributed by atoms with Crippen LogP contribution in [0.1, 0.15) is 65.5 Å². The van der Waals surface area contributed by atoms with Crippen molar-refractivity contribution in [2.75, 3.05) is 0 Å². The summed E-state index contributed by atoms with van der Waals surface area (Å²) >= 11 is 0. The standard InChI is InChI=1S/C20H28O4/c1-7-8-17(19(23-14(2)21)24-15(3)22)13-16-9-11-18(12-10-16)20(4,5)6/h9-13,19H,7-8H2,1-6H3/b17-13+. The maximum atomic E-state index is 11.3. The number of carbonyl (C=O) groups is 2. The highest BCUT2D eigenvalue weighted by Gasteiger charge is 2.20. The minimum atomic E-state index is -0.970. The lowest BCUT2D eigenvalue weighted by atomic mass is 9.86. The van der Waals surface area contributed by atoms with Gasteiger partial charge in [-0.1, -0.05) is 58.4 Å². The van der Waals surface area contributed by atoms with Gasteiger partial charge in [-0.25, -0.2) is 0 Å². The summed E-state index contributed by atoms with van der Waals surface area (Å²) in [7, 11) is 0. The van der Waals surface area contributed by atoms with Gasteiger partial charge in [-0.05, 0) is 29.0 Å². The van der Waals surface area contributed by atoms with Gasteiger partial charge in [-0.3, -0.25) is 9.59 Å². The Morgan fingerprint density at radius 2 is 1.54 bits per heavy atom. The molecule has 4 nitrogen and oxygen atoms in total. The molecule has 0 aliphatic heterocycles. The zero-order valence-corrected chi connectivity index (χ0v) is 15.5. The number of carbonyl (C=O) groups excluding carboxylic acids is 2. The van der Waals surface area contributed by atoms with Gasteiger partial charge in [0.25, 0.3) is 6.29 Å². The molecule has 0 aliphatic carbocycles. The minimum Gasteiger partial charge on any atom is -0.421 e. The second-order valence-electron chi connectivity index (χ2n) is 6.89. The highest BCUT2D eigenvalue weighted by atomic mass is 16.7. The van der Waals surface area contributed by atoms with Gasteiger partial charge in [-0.2, -0.15) is 0 Å². The van der Waals surface area contributed by atoms with E-state index in [2.05, 4.69) is 32.9 Å². The van der Waals surface area contributed by atoms with Crippen LogP contribution in [0.4, 0.5) is 0 Å². The molecule has 132 valence electrons. The number of ether oxygens (including phenoxy) is 2. The van der Waals surface area contributed by atoms with Gasteiger partial charge in [0, 0.05) is 19.4 Å². The molecule has 0 radical (unpaired) electrons. The van der Waals surface area contributed by atoms with Crippen LogP contribution in [0.3, 0.4) is 0 Å². The van der Waals surface area contributed by atoms with Crippen LogP contribution in [-0.4, -0.2) is 18.2 Å². The van der Waals surface area contributed by atoms with Crippen LogP contribution in [0.2, 0.25) is 0 Å². The van der Waals surface area contributed by atoms with Crippen molar-refractivity contribution in [3.05, 3.63) is 41.0 Å². The molecule has 1 aromatic carbocycles. The first-order valence-corrected chi connectivity index (χ1v) is 8.29. The Bertz CT molecular complexity index is 575. The maximum absolute atomic E-state index is 11.3. The van der Waals surface area contributed by atoms with Crippen LogP contribution in [-0.2, 0) is 24.5 Å². The van der Waals surface area contributed by atoms with Crippen molar-refractivity contribution < 1.29 is 19.1 Å². The fraction of sp³-hybridized carbons (Fsp3) is 0.500. The lowest BCUT2D eigenvalue weighted by molar-refractivity contribution is -0.178. The number of benzene rings is 1. The molecule has 1 aromatic rings. The van der Waals surface area contributed by atoms with Crippen molar-refractivity contribution in [2.45, 2.75) is 66.1 Å². The predicted octanol–water partition coefficient (Wildman–Crippen LogP) is 4.62. The first-order valence-electron chi connectivity index (χ1n) is 8.29. The minimum absolute atomic E-state index is 0.0898. The van der Waals surface area contributed by atoms with E-state index in [-0.39, 0.29) is 5.41 Å². The third-order valence-corrected chi connectivity index (χ3v) is 3.52. The number of hydrogen-bond acceptors (Lipinski definition) is 4. The van der Waals surface area contributed by atoms with Gasteiger partial charge in [-0.15, -0.1) is 0 Å². The normalized spacial score (nSPS) is 12.2. The van der Waals surface area contributed by atoms with Crippen molar-refractivity contribution in [2.24, 2.45) is 0 Å². The average molecular weight is 332 g/mol. The molecule has 0 amide bonds. The second kappa shape index (κ2) is 8.67. The zero-order chi connectivity index (χ0) is 18.3. The summed E-state index contributed by atoms with van der Waals surface area (Å²) in [6, 6.07) is 8.22. The Morgan fingerprint density at radius 3 is 1.92 bits per heavy atom. The third kappa shape index (κ3) is 6.57. The highest BCUT2D eigenvalue weighted by molar-refractivity contribution is 5.69. The van der Waals surface area contributed by atoms with Gasteiger partial charge in [0.2, 0.25) is 0 Å². The molecule has 0 saturated carbocycles. The largest absolute Gasteiger partial charge is 0.421 e. The molecule has 4 heteroatoms. The molecule has 0 heterocycles. The van der Waals surface area contributed by atoms with Crippen LogP contribution in [0.15, 0.2) is 29.8 Å². The van der Waals surface area contributed by atoms with E-state index in [1.807, 2.05) is 25.1 Å². The van der Waals surface area contributed by atoms with Gasteiger partial charge in [0.05, 0.1) is 0 Å². The summed E-state index contributed by atoms with van der Waals surface area (Å²) in [6.45, 7) is 11.1. The summed E-state index contributed by atoms with van der Waals surface area (Å²) < 4.78 is 10.4. The molecule has 0 spiro atoms. The Balaban J connectivity index is 3.13. The van der Waals surface area contributed by atoms with Crippen molar-refractivity contribution in [3.8, 4) is 0 Å². The molecule has 0 fully saturated rings. The SMILES string of the molecule is CCC/C(=C\c1ccc(C(C)(C)C)cc1)C(OC(C)=O)OC(C)=O. The zero-order valence-electron chi connectivity index (χ0n) is 15.5. The molecule has 24 heavy (non-hydrogen) atoms. The van der Waals surface area contributed by atoms with E-state index in [1.54, 1.807) is 0 Å². The Labute approximate surface area is 144 Å². The van der Waals surface area contributed by atoms with E-state index in [4.69, 9.17) is 9.47 Å². The third-order valence-electron chi connectivity index (χ3n) is 3.52. The van der Waals surface area contributed by atoms with E-state index in [0.717, 1.165) is 17.6 Å². The van der Waals surface area contributed by atoms with Gasteiger partial charge < -0.3 is 9.47 Å². The van der Waals surface area contributed by atoms with E-state index < -0.39 is 18.2 Å². The summed E-state index contributed by atoms with van der Waals surface area (Å²) in [5.74, 6) is -0.960. The fourth-order valence-electron chi connectivity index (χ4n) is 2.32. The molecule has 0 bridgehead atoms. The Kier molecular flexibility index (Phi) is 7.20. The fourth-order valence-corrected chi connectivity index (χ4v) is 2.32. The number of rotatable bonds is 6. The second-order valence-corrected chi connectivity index (χ2v) is 6.89. The van der Waals surface area contributed by atoms with Crippen molar-refractivity contribution in [1.82, 2.24) is 0 Å². The molecule has 0 atom stereocenters. The van der Waals surface area contributed by atoms with Crippen molar-refractivity contribution >= 4 is 18.0 Å². The summed E-state index contributed by atoms with van der Waals surface area (Å²) in [5, 5.41) is 0. The molecule has 0 unspecified atom stereocenters. The molecule has 0 aliphatic rings. The Hall–Kier alpha value is -2.10. The highest BCUT2D eigenvalue weighted by Crippen LogP contribution is 2.24. The van der Waals surface area contributed by atoms with Crippen LogP contribution >= 0.6 is 0 Å². The molecule has 0 saturated heterocycles. The smallest absolute Gasteiger partial charge is 0.305 e. The number of esters is 2. The van der Waals surface area contributed by atoms with E-state index in [0.29, 0.717) is 6.42 Å². The quantitative estimate of drug-likeness (QED) is 0.563. The summed E-state index contributed by atoms with van der Waals surface area (Å²) in [6.07, 6.45) is 2.48. The van der Waals surface area contributed by atoms with Crippen molar-refractivity contribution in [3.63, 3.8) is 0 Å². The van der Waals surface area contributed by atoms with Crippen LogP contribution < -0.4 is 0 Å². The molecule has 1 rings (SSSR count). The summed E-state index contributed by atoms with van der Waals surface area (Å²) in [4.78, 5) is 22.6. The number of hydrogen-bond donors (Lipinski definition) is 0. The molecular weight excluding hydrogens is 304 g/mol. The summed E-state index contributed by atoms with van der Waals surface area (Å²) in [5.41, 5.74) is 3.09. The first kappa shape index (κ1) is 19.9. The van der Waals surface area contributed by atoms with E-state index in [1.165, 1.54) is 19.4 Å². The maximum Gasteiger partial charge on any atom is 0.305 e. The van der Waals surface area contributed by atoms with Crippen LogP contribution in [0, 0.1) is 0 Å².